The molecule has 0 radical (unpaired) electrons. The van der Waals surface area contributed by atoms with Gasteiger partial charge in [0.2, 0.25) is 16.0 Å². The number of benzene rings is 1. The van der Waals surface area contributed by atoms with Gasteiger partial charge >= 0.3 is 0 Å². The van der Waals surface area contributed by atoms with E-state index in [0.29, 0.717) is 24.8 Å². The first kappa shape index (κ1) is 17.1. The lowest BCUT2D eigenvalue weighted by Gasteiger charge is -2.28. The van der Waals surface area contributed by atoms with Crippen molar-refractivity contribution in [3.63, 3.8) is 0 Å². The zero-order valence-corrected chi connectivity index (χ0v) is 15.0. The highest BCUT2D eigenvalue weighted by Gasteiger charge is 2.16. The number of morpholine rings is 1. The molecule has 1 aliphatic rings. The number of hydrogen-bond acceptors (Lipinski definition) is 7. The summed E-state index contributed by atoms with van der Waals surface area (Å²) in [5.74, 6) is 1.21. The van der Waals surface area contributed by atoms with E-state index in [0.717, 1.165) is 23.4 Å². The number of aromatic nitrogens is 2. The maximum Gasteiger partial charge on any atom is 0.238 e. The molecule has 1 aromatic carbocycles. The van der Waals surface area contributed by atoms with Crippen molar-refractivity contribution in [2.75, 3.05) is 36.5 Å². The summed E-state index contributed by atoms with van der Waals surface area (Å²) < 4.78 is 28.7. The molecule has 128 valence electrons. The predicted molar refractivity (Wildman–Crippen MR) is 93.9 cm³/mol. The smallest absolute Gasteiger partial charge is 0.238 e. The first-order valence-corrected chi connectivity index (χ1v) is 9.52. The molecule has 0 bridgehead atoms. The number of rotatable bonds is 4. The van der Waals surface area contributed by atoms with Gasteiger partial charge in [-0.25, -0.2) is 18.5 Å². The van der Waals surface area contributed by atoms with Crippen LogP contribution in [0.2, 0.25) is 0 Å². The van der Waals surface area contributed by atoms with E-state index in [-0.39, 0.29) is 4.90 Å². The number of nitrogens with zero attached hydrogens (tertiary/aromatic N) is 3. The molecule has 8 nitrogen and oxygen atoms in total. The maximum atomic E-state index is 11.3. The van der Waals surface area contributed by atoms with Crippen LogP contribution in [0.1, 0.15) is 0 Å². The van der Waals surface area contributed by atoms with Gasteiger partial charge in [0.1, 0.15) is 5.82 Å². The van der Waals surface area contributed by atoms with Crippen molar-refractivity contribution in [1.82, 2.24) is 9.97 Å². The molecule has 1 aliphatic heterocycles. The third kappa shape index (κ3) is 4.01. The number of anilines is 3. The van der Waals surface area contributed by atoms with E-state index in [9.17, 15) is 8.42 Å². The average Bonchev–Trinajstić information content (AvgIpc) is 2.57. The Morgan fingerprint density at radius 3 is 2.50 bits per heavy atom. The molecule has 3 N–H and O–H groups in total. The molecule has 1 aromatic heterocycles. The minimum Gasteiger partial charge on any atom is -0.378 e. The van der Waals surface area contributed by atoms with Crippen LogP contribution in [-0.2, 0) is 14.8 Å². The highest BCUT2D eigenvalue weighted by Crippen LogP contribution is 2.26. The summed E-state index contributed by atoms with van der Waals surface area (Å²) in [6.07, 6.45) is 1.68. The van der Waals surface area contributed by atoms with E-state index in [2.05, 4.69) is 36.1 Å². The van der Waals surface area contributed by atoms with E-state index >= 15 is 0 Å². The highest BCUT2D eigenvalue weighted by atomic mass is 79.9. The van der Waals surface area contributed by atoms with Gasteiger partial charge in [0.05, 0.1) is 22.6 Å². The van der Waals surface area contributed by atoms with Crippen LogP contribution in [-0.4, -0.2) is 44.7 Å². The number of hydrogen-bond donors (Lipinski definition) is 2. The molecule has 0 saturated carbocycles. The second kappa shape index (κ2) is 7.01. The Hall–Kier alpha value is -1.75. The fraction of sp³-hybridized carbons (Fsp3) is 0.286. The van der Waals surface area contributed by atoms with Crippen molar-refractivity contribution >= 4 is 43.4 Å². The molecule has 0 aliphatic carbocycles. The molecule has 0 unspecified atom stereocenters. The van der Waals surface area contributed by atoms with Gasteiger partial charge in [0, 0.05) is 25.0 Å². The van der Waals surface area contributed by atoms with Gasteiger partial charge < -0.3 is 15.0 Å². The Morgan fingerprint density at radius 2 is 1.88 bits per heavy atom. The molecule has 24 heavy (non-hydrogen) atoms. The minimum absolute atomic E-state index is 0.0544. The SMILES string of the molecule is NS(=O)(=O)c1ccc(Nc2ncc(Br)c(N3CCOCC3)n2)cc1. The second-order valence-electron chi connectivity index (χ2n) is 5.16. The molecular formula is C14H16BrN5O3S. The zero-order valence-electron chi connectivity index (χ0n) is 12.6. The molecule has 2 heterocycles. The monoisotopic (exact) mass is 413 g/mol. The van der Waals surface area contributed by atoms with Crippen LogP contribution in [0.15, 0.2) is 39.8 Å². The lowest BCUT2D eigenvalue weighted by atomic mass is 10.3. The Labute approximate surface area is 148 Å². The van der Waals surface area contributed by atoms with E-state index in [1.54, 1.807) is 18.3 Å². The fourth-order valence-electron chi connectivity index (χ4n) is 2.27. The number of halogens is 1. The van der Waals surface area contributed by atoms with E-state index in [1.807, 2.05) is 0 Å². The van der Waals surface area contributed by atoms with Crippen LogP contribution in [0.3, 0.4) is 0 Å². The van der Waals surface area contributed by atoms with Crippen molar-refractivity contribution in [2.45, 2.75) is 4.90 Å². The molecule has 3 rings (SSSR count). The third-order valence-corrected chi connectivity index (χ3v) is 4.96. The number of sulfonamides is 1. The van der Waals surface area contributed by atoms with Gasteiger partial charge in [-0.3, -0.25) is 0 Å². The largest absolute Gasteiger partial charge is 0.378 e. The average molecular weight is 414 g/mol. The summed E-state index contributed by atoms with van der Waals surface area (Å²) in [5, 5.41) is 8.14. The zero-order chi connectivity index (χ0) is 17.2. The third-order valence-electron chi connectivity index (χ3n) is 3.48. The van der Waals surface area contributed by atoms with E-state index in [1.165, 1.54) is 12.1 Å². The van der Waals surface area contributed by atoms with Crippen LogP contribution in [0, 0.1) is 0 Å². The van der Waals surface area contributed by atoms with E-state index < -0.39 is 10.0 Å². The van der Waals surface area contributed by atoms with Gasteiger partial charge in [0.25, 0.3) is 0 Å². The summed E-state index contributed by atoms with van der Waals surface area (Å²) in [6.45, 7) is 2.85. The van der Waals surface area contributed by atoms with Gasteiger partial charge in [0.15, 0.2) is 0 Å². The minimum atomic E-state index is -3.70. The van der Waals surface area contributed by atoms with Crippen molar-refractivity contribution in [3.05, 3.63) is 34.9 Å². The summed E-state index contributed by atoms with van der Waals surface area (Å²) >= 11 is 3.47. The van der Waals surface area contributed by atoms with Gasteiger partial charge in [-0.15, -0.1) is 0 Å². The fourth-order valence-corrected chi connectivity index (χ4v) is 3.23. The standard InChI is InChI=1S/C14H16BrN5O3S/c15-12-9-17-14(19-13(12)20-5-7-23-8-6-20)18-10-1-3-11(4-2-10)24(16,21)22/h1-4,9H,5-8H2,(H2,16,21,22)(H,17,18,19). The van der Waals surface area contributed by atoms with Crippen LogP contribution in [0.4, 0.5) is 17.5 Å². The van der Waals surface area contributed by atoms with Crippen LogP contribution in [0.25, 0.3) is 0 Å². The molecule has 0 atom stereocenters. The van der Waals surface area contributed by atoms with Crippen LogP contribution < -0.4 is 15.4 Å². The van der Waals surface area contributed by atoms with Gasteiger partial charge in [-0.2, -0.15) is 4.98 Å². The predicted octanol–water partition coefficient (Wildman–Crippen LogP) is 1.47. The Morgan fingerprint density at radius 1 is 1.21 bits per heavy atom. The lowest BCUT2D eigenvalue weighted by molar-refractivity contribution is 0.122. The molecule has 1 fully saturated rings. The number of ether oxygens (including phenoxy) is 1. The number of nitrogens with two attached hydrogens (primary N) is 1. The summed E-state index contributed by atoms with van der Waals surface area (Å²) in [7, 11) is -3.70. The lowest BCUT2D eigenvalue weighted by Crippen LogP contribution is -2.37. The Bertz CT molecular complexity index is 823. The Kier molecular flexibility index (Phi) is 4.99. The Balaban J connectivity index is 1.80. The van der Waals surface area contributed by atoms with Crippen molar-refractivity contribution in [2.24, 2.45) is 5.14 Å². The van der Waals surface area contributed by atoms with Gasteiger partial charge in [-0.05, 0) is 40.2 Å². The molecule has 0 spiro atoms. The van der Waals surface area contributed by atoms with E-state index in [4.69, 9.17) is 9.88 Å². The summed E-state index contributed by atoms with van der Waals surface area (Å²) in [5.41, 5.74) is 0.664. The number of primary sulfonamides is 1. The molecule has 10 heteroatoms. The van der Waals surface area contributed by atoms with Crippen molar-refractivity contribution in [3.8, 4) is 0 Å². The van der Waals surface area contributed by atoms with Gasteiger partial charge in [-0.1, -0.05) is 0 Å². The normalized spacial score (nSPS) is 15.3. The molecule has 0 amide bonds. The first-order chi connectivity index (χ1) is 11.4. The molecule has 2 aromatic rings. The van der Waals surface area contributed by atoms with Crippen LogP contribution >= 0.6 is 15.9 Å². The molecule has 1 saturated heterocycles. The van der Waals surface area contributed by atoms with Crippen molar-refractivity contribution < 1.29 is 13.2 Å². The quantitative estimate of drug-likeness (QED) is 0.780. The summed E-state index contributed by atoms with van der Waals surface area (Å²) in [4.78, 5) is 10.9. The number of nitrogens with one attached hydrogen (secondary N) is 1. The highest BCUT2D eigenvalue weighted by molar-refractivity contribution is 9.10. The first-order valence-electron chi connectivity index (χ1n) is 7.18. The summed E-state index contributed by atoms with van der Waals surface area (Å²) in [6, 6.07) is 6.08. The maximum absolute atomic E-state index is 11.3. The van der Waals surface area contributed by atoms with Crippen molar-refractivity contribution in [1.29, 1.82) is 0 Å². The van der Waals surface area contributed by atoms with Crippen LogP contribution in [0.5, 0.6) is 0 Å². The second-order valence-corrected chi connectivity index (χ2v) is 7.57. The topological polar surface area (TPSA) is 110 Å². The molecular weight excluding hydrogens is 398 g/mol.